The number of nitrogens with one attached hydrogen (secondary N) is 1. The van der Waals surface area contributed by atoms with Gasteiger partial charge in [0, 0.05) is 17.1 Å². The van der Waals surface area contributed by atoms with Crippen molar-refractivity contribution in [3.8, 4) is 11.5 Å². The minimum Gasteiger partial charge on any atom is -0.454 e. The Morgan fingerprint density at radius 1 is 1.09 bits per heavy atom. The molecule has 0 bridgehead atoms. The number of halogens is 1. The molecule has 0 saturated carbocycles. The van der Waals surface area contributed by atoms with Gasteiger partial charge in [-0.25, -0.2) is 0 Å². The van der Waals surface area contributed by atoms with Crippen LogP contribution in [0.2, 0.25) is 5.02 Å². The molecular formula is C18H20ClNO2. The molecule has 2 aromatic carbocycles. The van der Waals surface area contributed by atoms with Crippen LogP contribution >= 0.6 is 11.6 Å². The first-order valence-electron chi connectivity index (χ1n) is 7.58. The molecule has 0 fully saturated rings. The van der Waals surface area contributed by atoms with Crippen LogP contribution in [-0.2, 0) is 0 Å². The van der Waals surface area contributed by atoms with Crippen molar-refractivity contribution in [2.24, 2.45) is 0 Å². The van der Waals surface area contributed by atoms with Crippen LogP contribution in [0.3, 0.4) is 0 Å². The van der Waals surface area contributed by atoms with Crippen LogP contribution in [0.15, 0.2) is 42.5 Å². The Bertz CT molecular complexity index is 659. The SMILES string of the molecule is CCC(NC(C)c1ccc2c(c1)OCO2)c1cccc(Cl)c1. The number of rotatable bonds is 5. The normalized spacial score (nSPS) is 15.6. The monoisotopic (exact) mass is 317 g/mol. The summed E-state index contributed by atoms with van der Waals surface area (Å²) in [6, 6.07) is 14.6. The van der Waals surface area contributed by atoms with Crippen molar-refractivity contribution >= 4 is 11.6 Å². The standard InChI is InChI=1S/C18H20ClNO2/c1-3-16(14-5-4-6-15(19)9-14)20-12(2)13-7-8-17-18(10-13)22-11-21-17/h4-10,12,16,20H,3,11H2,1-2H3. The maximum atomic E-state index is 6.11. The lowest BCUT2D eigenvalue weighted by molar-refractivity contribution is 0.174. The van der Waals surface area contributed by atoms with Gasteiger partial charge in [0.05, 0.1) is 0 Å². The Morgan fingerprint density at radius 3 is 2.68 bits per heavy atom. The van der Waals surface area contributed by atoms with Gasteiger partial charge in [-0.2, -0.15) is 0 Å². The summed E-state index contributed by atoms with van der Waals surface area (Å²) in [5.74, 6) is 1.64. The molecule has 2 atom stereocenters. The summed E-state index contributed by atoms with van der Waals surface area (Å²) in [6.45, 7) is 4.64. The van der Waals surface area contributed by atoms with E-state index >= 15 is 0 Å². The van der Waals surface area contributed by atoms with Gasteiger partial charge in [-0.1, -0.05) is 36.7 Å². The first-order chi connectivity index (χ1) is 10.7. The summed E-state index contributed by atoms with van der Waals surface area (Å²) in [7, 11) is 0. The van der Waals surface area contributed by atoms with Crippen LogP contribution in [0.5, 0.6) is 11.5 Å². The van der Waals surface area contributed by atoms with Gasteiger partial charge in [-0.3, -0.25) is 0 Å². The Hall–Kier alpha value is -1.71. The van der Waals surface area contributed by atoms with Crippen molar-refractivity contribution in [1.29, 1.82) is 0 Å². The number of benzene rings is 2. The lowest BCUT2D eigenvalue weighted by Gasteiger charge is -2.23. The fourth-order valence-electron chi connectivity index (χ4n) is 2.75. The lowest BCUT2D eigenvalue weighted by atomic mass is 10.0. The van der Waals surface area contributed by atoms with Crippen molar-refractivity contribution in [2.45, 2.75) is 32.4 Å². The molecule has 0 radical (unpaired) electrons. The van der Waals surface area contributed by atoms with Crippen LogP contribution < -0.4 is 14.8 Å². The molecule has 116 valence electrons. The third-order valence-corrected chi connectivity index (χ3v) is 4.24. The minimum absolute atomic E-state index is 0.207. The zero-order valence-corrected chi connectivity index (χ0v) is 13.6. The van der Waals surface area contributed by atoms with E-state index in [1.165, 1.54) is 11.1 Å². The highest BCUT2D eigenvalue weighted by Crippen LogP contribution is 2.34. The highest BCUT2D eigenvalue weighted by molar-refractivity contribution is 6.30. The molecule has 4 heteroatoms. The van der Waals surface area contributed by atoms with Crippen molar-refractivity contribution in [1.82, 2.24) is 5.32 Å². The van der Waals surface area contributed by atoms with E-state index in [1.807, 2.05) is 30.3 Å². The van der Waals surface area contributed by atoms with Gasteiger partial charge in [0.1, 0.15) is 0 Å². The Kier molecular flexibility index (Phi) is 4.55. The third kappa shape index (κ3) is 3.21. The average molecular weight is 318 g/mol. The molecule has 0 amide bonds. The summed E-state index contributed by atoms with van der Waals surface area (Å²) in [4.78, 5) is 0. The Labute approximate surface area is 136 Å². The first kappa shape index (κ1) is 15.2. The summed E-state index contributed by atoms with van der Waals surface area (Å²) in [5, 5.41) is 4.43. The average Bonchev–Trinajstić information content (AvgIpc) is 2.99. The summed E-state index contributed by atoms with van der Waals surface area (Å²) < 4.78 is 10.8. The van der Waals surface area contributed by atoms with E-state index in [9.17, 15) is 0 Å². The van der Waals surface area contributed by atoms with Crippen molar-refractivity contribution in [3.63, 3.8) is 0 Å². The fraction of sp³-hybridized carbons (Fsp3) is 0.333. The number of hydrogen-bond donors (Lipinski definition) is 1. The van der Waals surface area contributed by atoms with Crippen LogP contribution in [0, 0.1) is 0 Å². The molecule has 22 heavy (non-hydrogen) atoms. The van der Waals surface area contributed by atoms with Gasteiger partial charge >= 0.3 is 0 Å². The molecule has 1 heterocycles. The van der Waals surface area contributed by atoms with Crippen LogP contribution in [-0.4, -0.2) is 6.79 Å². The molecule has 2 aromatic rings. The number of ether oxygens (including phenoxy) is 2. The topological polar surface area (TPSA) is 30.5 Å². The van der Waals surface area contributed by atoms with Crippen LogP contribution in [0.1, 0.15) is 43.5 Å². The number of hydrogen-bond acceptors (Lipinski definition) is 3. The Balaban J connectivity index is 1.76. The van der Waals surface area contributed by atoms with Gasteiger partial charge in [-0.15, -0.1) is 0 Å². The second kappa shape index (κ2) is 6.59. The first-order valence-corrected chi connectivity index (χ1v) is 7.96. The molecular weight excluding hydrogens is 298 g/mol. The van der Waals surface area contributed by atoms with Crippen molar-refractivity contribution in [3.05, 3.63) is 58.6 Å². The predicted molar refractivity (Wildman–Crippen MR) is 88.6 cm³/mol. The molecule has 3 rings (SSSR count). The van der Waals surface area contributed by atoms with E-state index < -0.39 is 0 Å². The van der Waals surface area contributed by atoms with Crippen LogP contribution in [0.25, 0.3) is 0 Å². The second-order valence-electron chi connectivity index (χ2n) is 5.52. The zero-order valence-electron chi connectivity index (χ0n) is 12.8. The molecule has 0 saturated heterocycles. The predicted octanol–water partition coefficient (Wildman–Crippen LogP) is 4.87. The van der Waals surface area contributed by atoms with Gasteiger partial charge in [-0.05, 0) is 48.7 Å². The Morgan fingerprint density at radius 2 is 1.91 bits per heavy atom. The highest BCUT2D eigenvalue weighted by atomic mass is 35.5. The van der Waals surface area contributed by atoms with Crippen molar-refractivity contribution in [2.75, 3.05) is 6.79 Å². The molecule has 2 unspecified atom stereocenters. The minimum atomic E-state index is 0.207. The van der Waals surface area contributed by atoms with Gasteiger partial charge in [0.15, 0.2) is 11.5 Å². The number of fused-ring (bicyclic) bond motifs is 1. The molecule has 0 aliphatic carbocycles. The summed E-state index contributed by atoms with van der Waals surface area (Å²) >= 11 is 6.11. The molecule has 1 aliphatic heterocycles. The van der Waals surface area contributed by atoms with E-state index in [0.29, 0.717) is 6.79 Å². The molecule has 1 N–H and O–H groups in total. The van der Waals surface area contributed by atoms with Gasteiger partial charge < -0.3 is 14.8 Å². The summed E-state index contributed by atoms with van der Waals surface area (Å²) in [5.41, 5.74) is 2.40. The smallest absolute Gasteiger partial charge is 0.231 e. The lowest BCUT2D eigenvalue weighted by Crippen LogP contribution is -2.24. The molecule has 0 aromatic heterocycles. The summed E-state index contributed by atoms with van der Waals surface area (Å²) in [6.07, 6.45) is 0.995. The maximum absolute atomic E-state index is 6.11. The molecule has 0 spiro atoms. The second-order valence-corrected chi connectivity index (χ2v) is 5.95. The van der Waals surface area contributed by atoms with Crippen molar-refractivity contribution < 1.29 is 9.47 Å². The maximum Gasteiger partial charge on any atom is 0.231 e. The van der Waals surface area contributed by atoms with Crippen LogP contribution in [0.4, 0.5) is 0 Å². The van der Waals surface area contributed by atoms with E-state index in [-0.39, 0.29) is 12.1 Å². The zero-order chi connectivity index (χ0) is 15.5. The van der Waals surface area contributed by atoms with E-state index in [4.69, 9.17) is 21.1 Å². The third-order valence-electron chi connectivity index (χ3n) is 4.01. The molecule has 1 aliphatic rings. The largest absolute Gasteiger partial charge is 0.454 e. The fourth-order valence-corrected chi connectivity index (χ4v) is 2.95. The highest BCUT2D eigenvalue weighted by Gasteiger charge is 2.18. The van der Waals surface area contributed by atoms with E-state index in [0.717, 1.165) is 22.9 Å². The van der Waals surface area contributed by atoms with E-state index in [1.54, 1.807) is 0 Å². The van der Waals surface area contributed by atoms with E-state index in [2.05, 4.69) is 31.3 Å². The molecule has 3 nitrogen and oxygen atoms in total. The van der Waals surface area contributed by atoms with Gasteiger partial charge in [0.2, 0.25) is 6.79 Å². The van der Waals surface area contributed by atoms with Gasteiger partial charge in [0.25, 0.3) is 0 Å². The quantitative estimate of drug-likeness (QED) is 0.853.